The molecule has 0 amide bonds. The summed E-state index contributed by atoms with van der Waals surface area (Å²) in [4.78, 5) is 0. The van der Waals surface area contributed by atoms with Gasteiger partial charge in [-0.1, -0.05) is 32.4 Å². The number of hydrogen-bond donors (Lipinski definition) is 0. The van der Waals surface area contributed by atoms with Crippen molar-refractivity contribution >= 4 is 0 Å². The zero-order valence-corrected chi connectivity index (χ0v) is 9.26. The summed E-state index contributed by atoms with van der Waals surface area (Å²) in [6.45, 7) is 8.79. The second kappa shape index (κ2) is 3.44. The van der Waals surface area contributed by atoms with Crippen molar-refractivity contribution < 1.29 is 4.68 Å². The van der Waals surface area contributed by atoms with Crippen LogP contribution in [-0.4, -0.2) is 5.10 Å². The zero-order chi connectivity index (χ0) is 10.1. The number of hydrogen-bond acceptors (Lipinski definition) is 1. The number of aromatic nitrogens is 2. The average Bonchev–Trinajstić information content (AvgIpc) is 2.03. The molecule has 0 aliphatic carbocycles. The summed E-state index contributed by atoms with van der Waals surface area (Å²) in [7, 11) is 1.99. The van der Waals surface area contributed by atoms with E-state index >= 15 is 0 Å². The molecule has 0 atom stereocenters. The van der Waals surface area contributed by atoms with Crippen LogP contribution in [0.4, 0.5) is 0 Å². The van der Waals surface area contributed by atoms with Crippen LogP contribution in [0.25, 0.3) is 0 Å². The highest BCUT2D eigenvalue weighted by Crippen LogP contribution is 2.20. The standard InChI is InChI=1S/C11H19N2/c1-6-10-7-9(11(2,3)4)8-12-13(10)5/h7-8H,6H2,1-5H3/q+1. The van der Waals surface area contributed by atoms with Crippen molar-refractivity contribution in [2.45, 2.75) is 39.5 Å². The van der Waals surface area contributed by atoms with E-state index in [-0.39, 0.29) is 5.41 Å². The Morgan fingerprint density at radius 2 is 2.00 bits per heavy atom. The quantitative estimate of drug-likeness (QED) is 0.600. The fraction of sp³-hybridized carbons (Fsp3) is 0.636. The van der Waals surface area contributed by atoms with Crippen molar-refractivity contribution in [2.24, 2.45) is 7.05 Å². The summed E-state index contributed by atoms with van der Waals surface area (Å²) < 4.78 is 1.94. The van der Waals surface area contributed by atoms with E-state index < -0.39 is 0 Å². The molecule has 0 spiro atoms. The Morgan fingerprint density at radius 1 is 1.38 bits per heavy atom. The molecule has 2 nitrogen and oxygen atoms in total. The third kappa shape index (κ3) is 2.27. The summed E-state index contributed by atoms with van der Waals surface area (Å²) in [6.07, 6.45) is 2.99. The number of rotatable bonds is 1. The fourth-order valence-corrected chi connectivity index (χ4v) is 1.27. The molecule has 0 fully saturated rings. The molecule has 1 heterocycles. The smallest absolute Gasteiger partial charge is 0.0912 e. The average molecular weight is 179 g/mol. The lowest BCUT2D eigenvalue weighted by atomic mass is 9.88. The molecule has 2 heteroatoms. The molecule has 0 unspecified atom stereocenters. The first-order chi connectivity index (χ1) is 5.95. The van der Waals surface area contributed by atoms with Crippen molar-refractivity contribution in [3.8, 4) is 0 Å². The molecule has 72 valence electrons. The second-order valence-electron chi connectivity index (χ2n) is 4.46. The predicted octanol–water partition coefficient (Wildman–Crippen LogP) is 1.77. The number of aryl methyl sites for hydroxylation is 2. The molecule has 0 saturated heterocycles. The van der Waals surface area contributed by atoms with E-state index in [1.54, 1.807) is 0 Å². The minimum absolute atomic E-state index is 0.200. The molecule has 0 bridgehead atoms. The molecule has 0 radical (unpaired) electrons. The lowest BCUT2D eigenvalue weighted by Crippen LogP contribution is -2.38. The first-order valence-corrected chi connectivity index (χ1v) is 4.81. The van der Waals surface area contributed by atoms with Gasteiger partial charge in [-0.2, -0.15) is 0 Å². The van der Waals surface area contributed by atoms with Crippen molar-refractivity contribution in [1.29, 1.82) is 0 Å². The summed E-state index contributed by atoms with van der Waals surface area (Å²) in [5, 5.41) is 4.33. The van der Waals surface area contributed by atoms with Gasteiger partial charge >= 0.3 is 0 Å². The van der Waals surface area contributed by atoms with Crippen LogP contribution in [0.5, 0.6) is 0 Å². The van der Waals surface area contributed by atoms with E-state index in [9.17, 15) is 0 Å². The van der Waals surface area contributed by atoms with Gasteiger partial charge in [-0.15, -0.1) is 0 Å². The fourth-order valence-electron chi connectivity index (χ4n) is 1.27. The Kier molecular flexibility index (Phi) is 2.69. The summed E-state index contributed by atoms with van der Waals surface area (Å²) in [6, 6.07) is 2.24. The van der Waals surface area contributed by atoms with Crippen LogP contribution in [0.2, 0.25) is 0 Å². The van der Waals surface area contributed by atoms with Crippen molar-refractivity contribution in [1.82, 2.24) is 5.10 Å². The highest BCUT2D eigenvalue weighted by molar-refractivity contribution is 5.18. The van der Waals surface area contributed by atoms with Gasteiger partial charge in [0.25, 0.3) is 0 Å². The van der Waals surface area contributed by atoms with Gasteiger partial charge < -0.3 is 0 Å². The SMILES string of the molecule is CCc1cc(C(C)(C)C)cn[n+]1C. The van der Waals surface area contributed by atoms with Gasteiger partial charge in [0.15, 0.2) is 7.05 Å². The van der Waals surface area contributed by atoms with E-state index in [0.29, 0.717) is 0 Å². The maximum atomic E-state index is 4.33. The van der Waals surface area contributed by atoms with Crippen LogP contribution in [-0.2, 0) is 18.9 Å². The first-order valence-electron chi connectivity index (χ1n) is 4.81. The highest BCUT2D eigenvalue weighted by atomic mass is 15.2. The van der Waals surface area contributed by atoms with Crippen LogP contribution in [0.1, 0.15) is 39.0 Å². The van der Waals surface area contributed by atoms with Gasteiger partial charge in [0.1, 0.15) is 0 Å². The van der Waals surface area contributed by atoms with Crippen LogP contribution in [0.15, 0.2) is 12.3 Å². The summed E-state index contributed by atoms with van der Waals surface area (Å²) in [5.41, 5.74) is 2.79. The monoisotopic (exact) mass is 179 g/mol. The van der Waals surface area contributed by atoms with Gasteiger partial charge in [-0.3, -0.25) is 0 Å². The van der Waals surface area contributed by atoms with E-state index in [0.717, 1.165) is 6.42 Å². The van der Waals surface area contributed by atoms with Gasteiger partial charge in [0.2, 0.25) is 5.69 Å². The third-order valence-electron chi connectivity index (χ3n) is 2.34. The Morgan fingerprint density at radius 3 is 2.46 bits per heavy atom. The Hall–Kier alpha value is -0.920. The topological polar surface area (TPSA) is 16.8 Å². The van der Waals surface area contributed by atoms with E-state index in [1.165, 1.54) is 11.3 Å². The van der Waals surface area contributed by atoms with Crippen molar-refractivity contribution in [3.05, 3.63) is 23.5 Å². The van der Waals surface area contributed by atoms with E-state index in [2.05, 4.69) is 38.9 Å². The van der Waals surface area contributed by atoms with Crippen LogP contribution < -0.4 is 4.68 Å². The van der Waals surface area contributed by atoms with E-state index in [1.807, 2.05) is 17.9 Å². The van der Waals surface area contributed by atoms with Crippen molar-refractivity contribution in [2.75, 3.05) is 0 Å². The molecule has 1 aromatic heterocycles. The van der Waals surface area contributed by atoms with E-state index in [4.69, 9.17) is 0 Å². The molecule has 0 aromatic carbocycles. The molecule has 1 aromatic rings. The van der Waals surface area contributed by atoms with Crippen LogP contribution >= 0.6 is 0 Å². The highest BCUT2D eigenvalue weighted by Gasteiger charge is 2.17. The minimum Gasteiger partial charge on any atom is -0.0912 e. The molecule has 0 N–H and O–H groups in total. The van der Waals surface area contributed by atoms with Gasteiger partial charge in [-0.25, -0.2) is 0 Å². The van der Waals surface area contributed by atoms with Gasteiger partial charge in [0.05, 0.1) is 6.20 Å². The Bertz CT molecular complexity index is 297. The van der Waals surface area contributed by atoms with Crippen molar-refractivity contribution in [3.63, 3.8) is 0 Å². The maximum absolute atomic E-state index is 4.33. The third-order valence-corrected chi connectivity index (χ3v) is 2.34. The molecular weight excluding hydrogens is 160 g/mol. The van der Waals surface area contributed by atoms with Gasteiger partial charge in [0, 0.05) is 12.5 Å². The van der Waals surface area contributed by atoms with Crippen LogP contribution in [0.3, 0.4) is 0 Å². The molecular formula is C11H19N2+. The zero-order valence-electron chi connectivity index (χ0n) is 9.26. The molecule has 13 heavy (non-hydrogen) atoms. The molecule has 1 rings (SSSR count). The summed E-state index contributed by atoms with van der Waals surface area (Å²) in [5.74, 6) is 0. The molecule has 0 aliphatic heterocycles. The Labute approximate surface area is 80.6 Å². The molecule has 0 aliphatic rings. The first kappa shape index (κ1) is 10.2. The minimum atomic E-state index is 0.200. The number of nitrogens with zero attached hydrogens (tertiary/aromatic N) is 2. The maximum Gasteiger partial charge on any atom is 0.208 e. The van der Waals surface area contributed by atoms with Gasteiger partial charge in [-0.05, 0) is 16.1 Å². The Balaban J connectivity index is 3.14. The molecule has 0 saturated carbocycles. The normalized spacial score (nSPS) is 11.8. The second-order valence-corrected chi connectivity index (χ2v) is 4.46. The lowest BCUT2D eigenvalue weighted by molar-refractivity contribution is -0.737. The van der Waals surface area contributed by atoms with Crippen LogP contribution in [0, 0.1) is 0 Å². The summed E-state index contributed by atoms with van der Waals surface area (Å²) >= 11 is 0. The largest absolute Gasteiger partial charge is 0.208 e. The predicted molar refractivity (Wildman–Crippen MR) is 53.5 cm³/mol. The lowest BCUT2D eigenvalue weighted by Gasteiger charge is -2.17.